The van der Waals surface area contributed by atoms with Gasteiger partial charge in [0, 0.05) is 19.8 Å². The molecule has 2 rings (SSSR count). The third kappa shape index (κ3) is 3.81. The number of hydrogen-bond acceptors (Lipinski definition) is 7. The molecule has 8 heteroatoms. The van der Waals surface area contributed by atoms with E-state index in [0.29, 0.717) is 11.9 Å². The molecular weight excluding hydrogens is 258 g/mol. The Morgan fingerprint density at radius 3 is 2.60 bits per heavy atom. The van der Waals surface area contributed by atoms with Crippen LogP contribution in [-0.4, -0.2) is 37.4 Å². The van der Waals surface area contributed by atoms with Crippen molar-refractivity contribution in [2.45, 2.75) is 26.9 Å². The van der Waals surface area contributed by atoms with Crippen molar-refractivity contribution in [2.75, 3.05) is 17.2 Å². The molecule has 0 atom stereocenters. The summed E-state index contributed by atoms with van der Waals surface area (Å²) >= 11 is 0. The Morgan fingerprint density at radius 1 is 1.25 bits per heavy atom. The summed E-state index contributed by atoms with van der Waals surface area (Å²) in [4.78, 5) is 12.7. The molecule has 0 fully saturated rings. The van der Waals surface area contributed by atoms with Crippen LogP contribution in [0.2, 0.25) is 0 Å². The molecular formula is C12H19N7O. The summed E-state index contributed by atoms with van der Waals surface area (Å²) in [5, 5.41) is 10.2. The number of hydrogen-bond donors (Lipinski definition) is 2. The van der Waals surface area contributed by atoms with Crippen molar-refractivity contribution in [3.8, 4) is 6.01 Å². The van der Waals surface area contributed by atoms with Crippen LogP contribution in [-0.2, 0) is 7.05 Å². The standard InChI is InChI=1S/C12H19N7O/c1-5-13-10-16-11(15-9-6-14-19(4)7-9)18-12(17-10)20-8(2)3/h6-8H,5H2,1-4H3,(H2,13,15,16,17,18). The highest BCUT2D eigenvalue weighted by atomic mass is 16.5. The molecule has 2 aromatic rings. The smallest absolute Gasteiger partial charge is 0.323 e. The minimum absolute atomic E-state index is 0.00174. The first-order chi connectivity index (χ1) is 9.56. The largest absolute Gasteiger partial charge is 0.461 e. The Morgan fingerprint density at radius 2 is 2.00 bits per heavy atom. The average molecular weight is 277 g/mol. The number of nitrogens with zero attached hydrogens (tertiary/aromatic N) is 5. The normalized spacial score (nSPS) is 10.7. The summed E-state index contributed by atoms with van der Waals surface area (Å²) in [5.74, 6) is 0.893. The molecule has 108 valence electrons. The van der Waals surface area contributed by atoms with Crippen molar-refractivity contribution in [1.82, 2.24) is 24.7 Å². The second kappa shape index (κ2) is 6.18. The van der Waals surface area contributed by atoms with E-state index >= 15 is 0 Å². The van der Waals surface area contributed by atoms with Crippen LogP contribution in [0.5, 0.6) is 6.01 Å². The zero-order valence-corrected chi connectivity index (χ0v) is 12.1. The summed E-state index contributed by atoms with van der Waals surface area (Å²) in [6, 6.07) is 0.289. The molecule has 0 aliphatic carbocycles. The molecule has 2 heterocycles. The number of ether oxygens (including phenoxy) is 1. The van der Waals surface area contributed by atoms with Crippen LogP contribution in [0.25, 0.3) is 0 Å². The molecule has 0 saturated carbocycles. The van der Waals surface area contributed by atoms with Gasteiger partial charge in [-0.1, -0.05) is 0 Å². The van der Waals surface area contributed by atoms with E-state index in [9.17, 15) is 0 Å². The van der Waals surface area contributed by atoms with E-state index in [4.69, 9.17) is 4.74 Å². The lowest BCUT2D eigenvalue weighted by atomic mass is 10.5. The first-order valence-electron chi connectivity index (χ1n) is 6.49. The topological polar surface area (TPSA) is 89.8 Å². The van der Waals surface area contributed by atoms with E-state index in [1.165, 1.54) is 0 Å². The zero-order valence-electron chi connectivity index (χ0n) is 12.1. The van der Waals surface area contributed by atoms with Crippen molar-refractivity contribution in [3.05, 3.63) is 12.4 Å². The van der Waals surface area contributed by atoms with E-state index in [-0.39, 0.29) is 12.1 Å². The predicted molar refractivity (Wildman–Crippen MR) is 76.2 cm³/mol. The van der Waals surface area contributed by atoms with Gasteiger partial charge in [0.2, 0.25) is 11.9 Å². The Labute approximate surface area is 117 Å². The zero-order chi connectivity index (χ0) is 14.5. The summed E-state index contributed by atoms with van der Waals surface area (Å²) in [5.41, 5.74) is 0.802. The van der Waals surface area contributed by atoms with Gasteiger partial charge in [-0.25, -0.2) is 0 Å². The third-order valence-corrected chi connectivity index (χ3v) is 2.25. The van der Waals surface area contributed by atoms with Crippen LogP contribution in [0.15, 0.2) is 12.4 Å². The Kier molecular flexibility index (Phi) is 4.34. The highest BCUT2D eigenvalue weighted by molar-refractivity contribution is 5.51. The Bertz CT molecular complexity index is 567. The van der Waals surface area contributed by atoms with Gasteiger partial charge in [-0.2, -0.15) is 20.1 Å². The van der Waals surface area contributed by atoms with Crippen LogP contribution >= 0.6 is 0 Å². The van der Waals surface area contributed by atoms with Gasteiger partial charge in [-0.15, -0.1) is 0 Å². The van der Waals surface area contributed by atoms with Crippen molar-refractivity contribution in [1.29, 1.82) is 0 Å². The fourth-order valence-corrected chi connectivity index (χ4v) is 1.53. The molecule has 0 unspecified atom stereocenters. The monoisotopic (exact) mass is 277 g/mol. The molecule has 8 nitrogen and oxygen atoms in total. The highest BCUT2D eigenvalue weighted by Gasteiger charge is 2.09. The van der Waals surface area contributed by atoms with Gasteiger partial charge in [0.25, 0.3) is 0 Å². The number of nitrogens with one attached hydrogen (secondary N) is 2. The van der Waals surface area contributed by atoms with Crippen molar-refractivity contribution in [3.63, 3.8) is 0 Å². The first-order valence-corrected chi connectivity index (χ1v) is 6.49. The second-order valence-corrected chi connectivity index (χ2v) is 4.49. The molecule has 0 aliphatic rings. The summed E-state index contributed by atoms with van der Waals surface area (Å²) in [6.45, 7) is 6.54. The Balaban J connectivity index is 2.23. The van der Waals surface area contributed by atoms with Crippen LogP contribution in [0.1, 0.15) is 20.8 Å². The molecule has 0 spiro atoms. The van der Waals surface area contributed by atoms with Crippen molar-refractivity contribution >= 4 is 17.6 Å². The van der Waals surface area contributed by atoms with E-state index in [2.05, 4.69) is 30.7 Å². The van der Waals surface area contributed by atoms with Crippen LogP contribution in [0.3, 0.4) is 0 Å². The fraction of sp³-hybridized carbons (Fsp3) is 0.500. The van der Waals surface area contributed by atoms with E-state index in [1.54, 1.807) is 10.9 Å². The minimum Gasteiger partial charge on any atom is -0.461 e. The van der Waals surface area contributed by atoms with Gasteiger partial charge in [0.1, 0.15) is 0 Å². The van der Waals surface area contributed by atoms with Crippen LogP contribution in [0.4, 0.5) is 17.6 Å². The third-order valence-electron chi connectivity index (χ3n) is 2.25. The lowest BCUT2D eigenvalue weighted by molar-refractivity contribution is 0.222. The lowest BCUT2D eigenvalue weighted by Gasteiger charge is -2.11. The quantitative estimate of drug-likeness (QED) is 0.828. The SMILES string of the molecule is CCNc1nc(Nc2cnn(C)c2)nc(OC(C)C)n1. The Hall–Kier alpha value is -2.38. The van der Waals surface area contributed by atoms with Gasteiger partial charge in [-0.05, 0) is 20.8 Å². The second-order valence-electron chi connectivity index (χ2n) is 4.49. The van der Waals surface area contributed by atoms with Crippen LogP contribution in [0, 0.1) is 0 Å². The molecule has 20 heavy (non-hydrogen) atoms. The molecule has 2 aromatic heterocycles. The van der Waals surface area contributed by atoms with Gasteiger partial charge >= 0.3 is 6.01 Å². The first kappa shape index (κ1) is 14.0. The van der Waals surface area contributed by atoms with Gasteiger partial charge < -0.3 is 15.4 Å². The minimum atomic E-state index is -0.00174. The molecule has 0 radical (unpaired) electrons. The summed E-state index contributed by atoms with van der Waals surface area (Å²) < 4.78 is 7.22. The molecule has 0 aliphatic heterocycles. The molecule has 0 aromatic carbocycles. The van der Waals surface area contributed by atoms with E-state index in [0.717, 1.165) is 12.2 Å². The number of rotatable bonds is 6. The maximum Gasteiger partial charge on any atom is 0.323 e. The van der Waals surface area contributed by atoms with Gasteiger partial charge in [0.05, 0.1) is 18.0 Å². The van der Waals surface area contributed by atoms with Crippen LogP contribution < -0.4 is 15.4 Å². The number of aryl methyl sites for hydroxylation is 1. The molecule has 0 bridgehead atoms. The summed E-state index contributed by atoms with van der Waals surface area (Å²) in [6.07, 6.45) is 3.53. The van der Waals surface area contributed by atoms with Crippen molar-refractivity contribution < 1.29 is 4.74 Å². The maximum atomic E-state index is 5.52. The fourth-order valence-electron chi connectivity index (χ4n) is 1.53. The average Bonchev–Trinajstić information content (AvgIpc) is 2.74. The van der Waals surface area contributed by atoms with E-state index in [1.807, 2.05) is 34.0 Å². The van der Waals surface area contributed by atoms with Crippen molar-refractivity contribution in [2.24, 2.45) is 7.05 Å². The highest BCUT2D eigenvalue weighted by Crippen LogP contribution is 2.16. The van der Waals surface area contributed by atoms with Gasteiger partial charge in [-0.3, -0.25) is 4.68 Å². The lowest BCUT2D eigenvalue weighted by Crippen LogP contribution is -2.12. The van der Waals surface area contributed by atoms with Gasteiger partial charge in [0.15, 0.2) is 0 Å². The maximum absolute atomic E-state index is 5.52. The predicted octanol–water partition coefficient (Wildman–Crippen LogP) is 1.57. The molecule has 0 saturated heterocycles. The molecule has 0 amide bonds. The number of anilines is 3. The molecule has 2 N–H and O–H groups in total. The number of aromatic nitrogens is 5. The summed E-state index contributed by atoms with van der Waals surface area (Å²) in [7, 11) is 1.84. The van der Waals surface area contributed by atoms with E-state index < -0.39 is 0 Å².